The van der Waals surface area contributed by atoms with E-state index in [-0.39, 0.29) is 28.9 Å². The van der Waals surface area contributed by atoms with Crippen LogP contribution in [0.3, 0.4) is 0 Å². The van der Waals surface area contributed by atoms with Crippen molar-refractivity contribution >= 4 is 23.2 Å². The van der Waals surface area contributed by atoms with Gasteiger partial charge in [0, 0.05) is 37.7 Å². The Bertz CT molecular complexity index is 1530. The van der Waals surface area contributed by atoms with Crippen molar-refractivity contribution in [2.24, 2.45) is 11.3 Å². The van der Waals surface area contributed by atoms with Crippen LogP contribution in [-0.4, -0.2) is 73.7 Å². The minimum atomic E-state index is -1.08. The van der Waals surface area contributed by atoms with Gasteiger partial charge in [0.25, 0.3) is 5.91 Å². The Kier molecular flexibility index (Phi) is 7.07. The molecule has 5 heterocycles. The van der Waals surface area contributed by atoms with Crippen molar-refractivity contribution in [3.8, 4) is 5.88 Å². The van der Waals surface area contributed by atoms with Gasteiger partial charge in [-0.3, -0.25) is 4.79 Å². The van der Waals surface area contributed by atoms with Gasteiger partial charge in [-0.15, -0.1) is 5.10 Å². The van der Waals surface area contributed by atoms with E-state index in [1.54, 1.807) is 21.5 Å². The average Bonchev–Trinajstić information content (AvgIpc) is 3.57. The summed E-state index contributed by atoms with van der Waals surface area (Å²) >= 11 is 0. The number of carbonyl (C=O) groups is 2. The van der Waals surface area contributed by atoms with Crippen molar-refractivity contribution in [1.82, 2.24) is 24.5 Å². The Hall–Kier alpha value is -4.47. The minimum absolute atomic E-state index is 0.0218. The summed E-state index contributed by atoms with van der Waals surface area (Å²) in [7, 11) is 0. The highest BCUT2D eigenvalue weighted by atomic mass is 16.5. The molecule has 10 heteroatoms. The van der Waals surface area contributed by atoms with Crippen LogP contribution in [0.2, 0.25) is 0 Å². The number of hydrogen-bond donors (Lipinski definition) is 1. The summed E-state index contributed by atoms with van der Waals surface area (Å²) in [6.07, 6.45) is 4.76. The fraction of sp³-hybridized carbons (Fsp3) is 0.387. The van der Waals surface area contributed by atoms with Crippen molar-refractivity contribution in [1.29, 1.82) is 0 Å². The number of nitrogens with zero attached hydrogens (tertiary/aromatic N) is 6. The van der Waals surface area contributed by atoms with Crippen molar-refractivity contribution in [3.63, 3.8) is 0 Å². The highest BCUT2D eigenvalue weighted by Crippen LogP contribution is 2.49. The zero-order chi connectivity index (χ0) is 28.6. The molecule has 1 aliphatic carbocycles. The standard InChI is InChI=1S/C25H28N6O4.C6H6/c1-15-6-7-29(11-15)17-8-16(2)22-27-21(28-31(22)12-17)23(32)30-13-25(14-30)9-18(10-25)35-20-5-3-4-19(26-20)24(33)34;1-2-4-6-5-3-1/h3-5,8,12,15,18H,6-7,9-11,13-14H2,1-2H3,(H,33,34);1-6H. The van der Waals surface area contributed by atoms with E-state index in [1.165, 1.54) is 12.5 Å². The third kappa shape index (κ3) is 5.59. The molecule has 1 saturated carbocycles. The number of carbonyl (C=O) groups excluding carboxylic acids is 1. The van der Waals surface area contributed by atoms with E-state index >= 15 is 0 Å². The van der Waals surface area contributed by atoms with Crippen LogP contribution in [0, 0.1) is 18.3 Å². The topological polar surface area (TPSA) is 113 Å². The first-order chi connectivity index (χ1) is 19.8. The average molecular weight is 555 g/mol. The van der Waals surface area contributed by atoms with Gasteiger partial charge in [-0.2, -0.15) is 0 Å². The molecule has 2 aliphatic heterocycles. The van der Waals surface area contributed by atoms with E-state index in [1.807, 2.05) is 49.5 Å². The monoisotopic (exact) mass is 554 g/mol. The quantitative estimate of drug-likeness (QED) is 0.388. The molecule has 10 nitrogen and oxygen atoms in total. The lowest BCUT2D eigenvalue weighted by Crippen LogP contribution is -2.66. The van der Waals surface area contributed by atoms with Gasteiger partial charge in [0.2, 0.25) is 11.7 Å². The van der Waals surface area contributed by atoms with E-state index in [2.05, 4.69) is 33.0 Å². The summed E-state index contributed by atoms with van der Waals surface area (Å²) in [6, 6.07) is 18.9. The lowest BCUT2D eigenvalue weighted by molar-refractivity contribution is -0.105. The fourth-order valence-corrected chi connectivity index (χ4v) is 6.02. The zero-order valence-corrected chi connectivity index (χ0v) is 23.3. The summed E-state index contributed by atoms with van der Waals surface area (Å²) in [4.78, 5) is 36.9. The van der Waals surface area contributed by atoms with Gasteiger partial charge < -0.3 is 19.6 Å². The molecule has 0 radical (unpaired) electrons. The molecule has 1 unspecified atom stereocenters. The maximum absolute atomic E-state index is 13.1. The van der Waals surface area contributed by atoms with E-state index in [0.29, 0.717) is 30.5 Å². The van der Waals surface area contributed by atoms with Crippen LogP contribution in [0.1, 0.15) is 52.9 Å². The number of rotatable bonds is 5. The molecule has 7 rings (SSSR count). The van der Waals surface area contributed by atoms with E-state index in [4.69, 9.17) is 9.84 Å². The Morgan fingerprint density at radius 3 is 2.37 bits per heavy atom. The van der Waals surface area contributed by atoms with Gasteiger partial charge in [-0.25, -0.2) is 19.3 Å². The molecule has 4 aromatic rings. The minimum Gasteiger partial charge on any atom is -0.477 e. The van der Waals surface area contributed by atoms with Crippen LogP contribution in [0.4, 0.5) is 5.69 Å². The molecule has 0 bridgehead atoms. The predicted molar refractivity (Wildman–Crippen MR) is 153 cm³/mol. The summed E-state index contributed by atoms with van der Waals surface area (Å²) in [5, 5.41) is 13.6. The molecular weight excluding hydrogens is 520 g/mol. The highest BCUT2D eigenvalue weighted by Gasteiger charge is 2.55. The zero-order valence-electron chi connectivity index (χ0n) is 23.3. The van der Waals surface area contributed by atoms with Crippen LogP contribution >= 0.6 is 0 Å². The number of hydrogen-bond acceptors (Lipinski definition) is 7. The maximum Gasteiger partial charge on any atom is 0.354 e. The van der Waals surface area contributed by atoms with E-state index in [0.717, 1.165) is 37.2 Å². The van der Waals surface area contributed by atoms with Crippen molar-refractivity contribution in [3.05, 3.63) is 83.9 Å². The SMILES string of the molecule is Cc1cc(N2CCC(C)C2)cn2nc(C(=O)N3CC4(CC(Oc5cccc(C(=O)O)n5)C4)C3)nc12.c1ccccc1. The smallest absolute Gasteiger partial charge is 0.354 e. The second kappa shape index (κ2) is 10.8. The van der Waals surface area contributed by atoms with Crippen LogP contribution in [0.5, 0.6) is 5.88 Å². The van der Waals surface area contributed by atoms with E-state index in [9.17, 15) is 9.59 Å². The third-order valence-corrected chi connectivity index (χ3v) is 8.14. The number of anilines is 1. The van der Waals surface area contributed by atoms with Crippen LogP contribution in [0.15, 0.2) is 66.9 Å². The number of likely N-dealkylation sites (tertiary alicyclic amines) is 1. The van der Waals surface area contributed by atoms with Crippen LogP contribution in [-0.2, 0) is 0 Å². The Balaban J connectivity index is 0.000000449. The molecule has 2 saturated heterocycles. The fourth-order valence-electron chi connectivity index (χ4n) is 6.02. The van der Waals surface area contributed by atoms with Gasteiger partial charge in [-0.1, -0.05) is 49.4 Å². The summed E-state index contributed by atoms with van der Waals surface area (Å²) in [5.41, 5.74) is 2.87. The summed E-state index contributed by atoms with van der Waals surface area (Å²) in [6.45, 7) is 7.65. The number of benzene rings is 1. The lowest BCUT2D eigenvalue weighted by atomic mass is 9.61. The van der Waals surface area contributed by atoms with Gasteiger partial charge in [0.1, 0.15) is 6.10 Å². The number of aromatic carboxylic acids is 1. The molecular formula is C31H34N6O4. The first kappa shape index (κ1) is 26.7. The van der Waals surface area contributed by atoms with Crippen molar-refractivity contribution < 1.29 is 19.4 Å². The number of ether oxygens (including phenoxy) is 1. The number of aromatic nitrogens is 4. The Morgan fingerprint density at radius 1 is 1.02 bits per heavy atom. The summed E-state index contributed by atoms with van der Waals surface area (Å²) in [5.74, 6) is 0.0163. The molecule has 1 aromatic carbocycles. The molecule has 1 N–H and O–H groups in total. The number of aryl methyl sites for hydroxylation is 1. The first-order valence-corrected chi connectivity index (χ1v) is 14.1. The predicted octanol–water partition coefficient (Wildman–Crippen LogP) is 4.35. The lowest BCUT2D eigenvalue weighted by Gasteiger charge is -2.58. The molecule has 41 heavy (non-hydrogen) atoms. The summed E-state index contributed by atoms with van der Waals surface area (Å²) < 4.78 is 7.59. The number of carboxylic acids is 1. The van der Waals surface area contributed by atoms with Crippen LogP contribution < -0.4 is 9.64 Å². The number of fused-ring (bicyclic) bond motifs is 1. The second-order valence-electron chi connectivity index (χ2n) is 11.6. The molecule has 212 valence electrons. The molecule has 3 aromatic heterocycles. The Morgan fingerprint density at radius 2 is 1.73 bits per heavy atom. The number of carboxylic acid groups (broad SMARTS) is 1. The molecule has 3 fully saturated rings. The Labute approximate surface area is 238 Å². The van der Waals surface area contributed by atoms with Gasteiger partial charge in [0.15, 0.2) is 11.3 Å². The number of pyridine rings is 2. The first-order valence-electron chi connectivity index (χ1n) is 14.1. The van der Waals surface area contributed by atoms with Crippen molar-refractivity contribution in [2.45, 2.75) is 39.2 Å². The third-order valence-electron chi connectivity index (χ3n) is 8.14. The molecule has 3 aliphatic rings. The second-order valence-corrected chi connectivity index (χ2v) is 11.6. The van der Waals surface area contributed by atoms with E-state index < -0.39 is 5.97 Å². The molecule has 1 amide bonds. The van der Waals surface area contributed by atoms with Gasteiger partial charge >= 0.3 is 5.97 Å². The van der Waals surface area contributed by atoms with Crippen molar-refractivity contribution in [2.75, 3.05) is 31.1 Å². The highest BCUT2D eigenvalue weighted by molar-refractivity contribution is 5.92. The van der Waals surface area contributed by atoms with Gasteiger partial charge in [-0.05, 0) is 49.8 Å². The molecule has 1 spiro atoms. The van der Waals surface area contributed by atoms with Crippen LogP contribution in [0.25, 0.3) is 5.65 Å². The maximum atomic E-state index is 13.1. The molecule has 1 atom stereocenters. The largest absolute Gasteiger partial charge is 0.477 e. The number of amides is 1. The normalized spacial score (nSPS) is 19.3. The van der Waals surface area contributed by atoms with Gasteiger partial charge in [0.05, 0.1) is 11.9 Å².